The largest absolute Gasteiger partial charge is 0.384 e. The summed E-state index contributed by atoms with van der Waals surface area (Å²) in [6.45, 7) is 5.05. The molecule has 6 heteroatoms. The molecule has 1 aromatic rings. The first kappa shape index (κ1) is 15.2. The monoisotopic (exact) mass is 265 g/mol. The number of nitrogen functional groups attached to an aromatic ring is 1. The average molecular weight is 265 g/mol. The molecule has 1 aromatic heterocycles. The van der Waals surface area contributed by atoms with E-state index in [0.717, 1.165) is 32.2 Å². The Hall–Kier alpha value is -1.85. The summed E-state index contributed by atoms with van der Waals surface area (Å²) in [4.78, 5) is 21.7. The number of carbonyl (C=O) groups is 1. The molecule has 0 fully saturated rings. The Morgan fingerprint density at radius 1 is 1.32 bits per heavy atom. The van der Waals surface area contributed by atoms with Crippen molar-refractivity contribution in [1.29, 1.82) is 0 Å². The average Bonchev–Trinajstić information content (AvgIpc) is 2.33. The van der Waals surface area contributed by atoms with Gasteiger partial charge in [-0.3, -0.25) is 4.79 Å². The van der Waals surface area contributed by atoms with Crippen molar-refractivity contribution in [3.8, 4) is 0 Å². The maximum absolute atomic E-state index is 11.1. The summed E-state index contributed by atoms with van der Waals surface area (Å²) in [5.74, 6) is 1.46. The minimum absolute atomic E-state index is 0.155. The van der Waals surface area contributed by atoms with Crippen molar-refractivity contribution >= 4 is 17.5 Å². The van der Waals surface area contributed by atoms with Crippen molar-refractivity contribution in [1.82, 2.24) is 9.97 Å². The van der Waals surface area contributed by atoms with Crippen molar-refractivity contribution in [3.63, 3.8) is 0 Å². The molecule has 1 amide bonds. The number of hydrogen-bond donors (Lipinski definition) is 2. The quantitative estimate of drug-likeness (QED) is 0.733. The molecule has 106 valence electrons. The van der Waals surface area contributed by atoms with Gasteiger partial charge in [0.25, 0.3) is 0 Å². The Balaban J connectivity index is 2.95. The first-order chi connectivity index (χ1) is 9.06. The van der Waals surface area contributed by atoms with Crippen molar-refractivity contribution in [2.24, 2.45) is 5.73 Å². The topological polar surface area (TPSA) is 98.1 Å². The van der Waals surface area contributed by atoms with Gasteiger partial charge < -0.3 is 16.4 Å². The van der Waals surface area contributed by atoms with Gasteiger partial charge in [0, 0.05) is 19.0 Å². The zero-order chi connectivity index (χ0) is 14.3. The van der Waals surface area contributed by atoms with E-state index in [9.17, 15) is 4.79 Å². The fourth-order valence-electron chi connectivity index (χ4n) is 1.81. The van der Waals surface area contributed by atoms with Crippen LogP contribution in [0.2, 0.25) is 0 Å². The van der Waals surface area contributed by atoms with Crippen LogP contribution in [-0.2, 0) is 11.2 Å². The standard InChI is InChI=1S/C13H23N5O/c1-3-5-7-18(9-11(15)19)13-8-10(14)16-12(17-13)6-4-2/h8H,3-7,9H2,1-2H3,(H2,15,19)(H2,14,16,17). The van der Waals surface area contributed by atoms with Gasteiger partial charge in [0.15, 0.2) is 0 Å². The van der Waals surface area contributed by atoms with Crippen LogP contribution in [0.3, 0.4) is 0 Å². The van der Waals surface area contributed by atoms with Crippen LogP contribution >= 0.6 is 0 Å². The predicted octanol–water partition coefficient (Wildman–Crippen LogP) is 1.10. The van der Waals surface area contributed by atoms with E-state index in [1.807, 2.05) is 4.90 Å². The van der Waals surface area contributed by atoms with Crippen molar-refractivity contribution in [3.05, 3.63) is 11.9 Å². The first-order valence-electron chi connectivity index (χ1n) is 6.73. The highest BCUT2D eigenvalue weighted by Gasteiger charge is 2.12. The lowest BCUT2D eigenvalue weighted by molar-refractivity contribution is -0.116. The third-order valence-electron chi connectivity index (χ3n) is 2.70. The van der Waals surface area contributed by atoms with E-state index in [2.05, 4.69) is 23.8 Å². The molecule has 0 aliphatic heterocycles. The molecular weight excluding hydrogens is 242 g/mol. The lowest BCUT2D eigenvalue weighted by atomic mass is 10.3. The molecule has 6 nitrogen and oxygen atoms in total. The molecule has 0 atom stereocenters. The Labute approximate surface area is 114 Å². The number of nitrogens with zero attached hydrogens (tertiary/aromatic N) is 3. The van der Waals surface area contributed by atoms with Crippen LogP contribution in [0.4, 0.5) is 11.6 Å². The van der Waals surface area contributed by atoms with E-state index < -0.39 is 0 Å². The molecule has 19 heavy (non-hydrogen) atoms. The van der Waals surface area contributed by atoms with Gasteiger partial charge in [-0.25, -0.2) is 9.97 Å². The summed E-state index contributed by atoms with van der Waals surface area (Å²) >= 11 is 0. The van der Waals surface area contributed by atoms with Crippen LogP contribution < -0.4 is 16.4 Å². The maximum atomic E-state index is 11.1. The van der Waals surface area contributed by atoms with E-state index in [1.54, 1.807) is 6.07 Å². The van der Waals surface area contributed by atoms with E-state index in [-0.39, 0.29) is 12.5 Å². The molecule has 0 aliphatic carbocycles. The molecule has 1 rings (SSSR count). The number of unbranched alkanes of at least 4 members (excludes halogenated alkanes) is 1. The summed E-state index contributed by atoms with van der Waals surface area (Å²) < 4.78 is 0. The summed E-state index contributed by atoms with van der Waals surface area (Å²) in [6.07, 6.45) is 3.74. The van der Waals surface area contributed by atoms with Crippen molar-refractivity contribution < 1.29 is 4.79 Å². The molecule has 4 N–H and O–H groups in total. The summed E-state index contributed by atoms with van der Waals surface area (Å²) in [6, 6.07) is 1.69. The molecule has 0 bridgehead atoms. The molecule has 0 radical (unpaired) electrons. The number of aryl methyl sites for hydroxylation is 1. The molecule has 0 aliphatic rings. The number of hydrogen-bond acceptors (Lipinski definition) is 5. The van der Waals surface area contributed by atoms with E-state index in [0.29, 0.717) is 17.5 Å². The van der Waals surface area contributed by atoms with Gasteiger partial charge in [-0.1, -0.05) is 20.3 Å². The lowest BCUT2D eigenvalue weighted by Gasteiger charge is -2.22. The van der Waals surface area contributed by atoms with Gasteiger partial charge in [-0.15, -0.1) is 0 Å². The Morgan fingerprint density at radius 2 is 2.05 bits per heavy atom. The molecule has 0 unspecified atom stereocenters. The lowest BCUT2D eigenvalue weighted by Crippen LogP contribution is -2.35. The normalized spacial score (nSPS) is 10.4. The minimum atomic E-state index is -0.370. The molecule has 1 heterocycles. The number of primary amides is 1. The Bertz CT molecular complexity index is 421. The number of carbonyl (C=O) groups excluding carboxylic acids is 1. The van der Waals surface area contributed by atoms with E-state index in [1.165, 1.54) is 0 Å². The SMILES string of the molecule is CCCCN(CC(N)=O)c1cc(N)nc(CCC)n1. The molecule has 0 spiro atoms. The van der Waals surface area contributed by atoms with Gasteiger partial charge >= 0.3 is 0 Å². The van der Waals surface area contributed by atoms with Gasteiger partial charge in [-0.2, -0.15) is 0 Å². The summed E-state index contributed by atoms with van der Waals surface area (Å²) in [5, 5.41) is 0. The van der Waals surface area contributed by atoms with E-state index >= 15 is 0 Å². The molecule has 0 aromatic carbocycles. The number of anilines is 2. The predicted molar refractivity (Wildman–Crippen MR) is 76.8 cm³/mol. The molecule has 0 saturated carbocycles. The summed E-state index contributed by atoms with van der Waals surface area (Å²) in [5.41, 5.74) is 11.1. The van der Waals surface area contributed by atoms with Gasteiger partial charge in [0.1, 0.15) is 17.5 Å². The van der Waals surface area contributed by atoms with Crippen LogP contribution in [0.1, 0.15) is 38.9 Å². The van der Waals surface area contributed by atoms with Crippen LogP contribution in [0.5, 0.6) is 0 Å². The van der Waals surface area contributed by atoms with Crippen LogP contribution in [0.25, 0.3) is 0 Å². The second kappa shape index (κ2) is 7.56. The molecule has 0 saturated heterocycles. The van der Waals surface area contributed by atoms with Crippen LogP contribution in [0.15, 0.2) is 6.07 Å². The van der Waals surface area contributed by atoms with E-state index in [4.69, 9.17) is 11.5 Å². The second-order valence-electron chi connectivity index (χ2n) is 4.56. The van der Waals surface area contributed by atoms with Crippen molar-refractivity contribution in [2.45, 2.75) is 39.5 Å². The number of rotatable bonds is 8. The Kier molecular flexibility index (Phi) is 6.05. The fourth-order valence-corrected chi connectivity index (χ4v) is 1.81. The highest BCUT2D eigenvalue weighted by atomic mass is 16.1. The van der Waals surface area contributed by atoms with Gasteiger partial charge in [0.05, 0.1) is 6.54 Å². The fraction of sp³-hybridized carbons (Fsp3) is 0.615. The zero-order valence-electron chi connectivity index (χ0n) is 11.7. The zero-order valence-corrected chi connectivity index (χ0v) is 11.7. The Morgan fingerprint density at radius 3 is 2.63 bits per heavy atom. The number of amides is 1. The van der Waals surface area contributed by atoms with Crippen molar-refractivity contribution in [2.75, 3.05) is 23.7 Å². The van der Waals surface area contributed by atoms with Gasteiger partial charge in [-0.05, 0) is 12.8 Å². The first-order valence-corrected chi connectivity index (χ1v) is 6.73. The van der Waals surface area contributed by atoms with Crippen LogP contribution in [0, 0.1) is 0 Å². The second-order valence-corrected chi connectivity index (χ2v) is 4.56. The maximum Gasteiger partial charge on any atom is 0.236 e. The number of aromatic nitrogens is 2. The third kappa shape index (κ3) is 5.11. The highest BCUT2D eigenvalue weighted by molar-refractivity contribution is 5.79. The van der Waals surface area contributed by atoms with Crippen LogP contribution in [-0.4, -0.2) is 29.0 Å². The highest BCUT2D eigenvalue weighted by Crippen LogP contribution is 2.15. The minimum Gasteiger partial charge on any atom is -0.384 e. The number of nitrogens with two attached hydrogens (primary N) is 2. The molecular formula is C13H23N5O. The smallest absolute Gasteiger partial charge is 0.236 e. The third-order valence-corrected chi connectivity index (χ3v) is 2.70. The summed E-state index contributed by atoms with van der Waals surface area (Å²) in [7, 11) is 0. The van der Waals surface area contributed by atoms with Gasteiger partial charge in [0.2, 0.25) is 5.91 Å².